The standard InChI is InChI=1S/C20H20BrN3O/c1-3-24(4-2)17-11-5-14(6-12-17)13-18-20(25)23-19(22-18)15-7-9-16(21)10-8-15/h5-13H,3-4H2,1-2H3,(H,22,23,25)/b18-13-. The van der Waals surface area contributed by atoms with Crippen LogP contribution in [0.1, 0.15) is 25.0 Å². The maximum absolute atomic E-state index is 12.2. The largest absolute Gasteiger partial charge is 0.372 e. The zero-order chi connectivity index (χ0) is 17.8. The van der Waals surface area contributed by atoms with Crippen molar-refractivity contribution in [1.82, 2.24) is 5.32 Å². The van der Waals surface area contributed by atoms with Crippen molar-refractivity contribution in [3.05, 3.63) is 69.8 Å². The van der Waals surface area contributed by atoms with E-state index in [4.69, 9.17) is 0 Å². The van der Waals surface area contributed by atoms with Gasteiger partial charge in [0.2, 0.25) is 0 Å². The van der Waals surface area contributed by atoms with Crippen LogP contribution >= 0.6 is 15.9 Å². The minimum atomic E-state index is -0.175. The van der Waals surface area contributed by atoms with Crippen LogP contribution in [-0.4, -0.2) is 24.8 Å². The summed E-state index contributed by atoms with van der Waals surface area (Å²) in [5, 5.41) is 2.83. The summed E-state index contributed by atoms with van der Waals surface area (Å²) in [6.45, 7) is 6.22. The van der Waals surface area contributed by atoms with Crippen LogP contribution in [0.15, 0.2) is 63.7 Å². The van der Waals surface area contributed by atoms with Crippen LogP contribution in [0.25, 0.3) is 6.08 Å². The molecular formula is C20H20BrN3O. The molecule has 3 rings (SSSR count). The number of amidine groups is 1. The lowest BCUT2D eigenvalue weighted by molar-refractivity contribution is -0.115. The molecule has 1 N–H and O–H groups in total. The van der Waals surface area contributed by atoms with Crippen molar-refractivity contribution in [1.29, 1.82) is 0 Å². The number of amides is 1. The van der Waals surface area contributed by atoms with Gasteiger partial charge in [0.25, 0.3) is 5.91 Å². The normalized spacial score (nSPS) is 15.2. The Morgan fingerprint density at radius 3 is 2.28 bits per heavy atom. The fraction of sp³-hybridized carbons (Fsp3) is 0.200. The molecule has 0 saturated heterocycles. The van der Waals surface area contributed by atoms with Crippen molar-refractivity contribution in [2.24, 2.45) is 4.99 Å². The van der Waals surface area contributed by atoms with Crippen molar-refractivity contribution in [3.63, 3.8) is 0 Å². The second kappa shape index (κ2) is 7.66. The summed E-state index contributed by atoms with van der Waals surface area (Å²) in [7, 11) is 0. The summed E-state index contributed by atoms with van der Waals surface area (Å²) in [6.07, 6.45) is 1.81. The Labute approximate surface area is 156 Å². The number of hydrogen-bond acceptors (Lipinski definition) is 3. The number of hydrogen-bond donors (Lipinski definition) is 1. The van der Waals surface area contributed by atoms with Crippen molar-refractivity contribution < 1.29 is 4.79 Å². The Hall–Kier alpha value is -2.40. The number of halogens is 1. The van der Waals surface area contributed by atoms with Crippen LogP contribution in [0.2, 0.25) is 0 Å². The second-order valence-corrected chi connectivity index (χ2v) is 6.63. The molecule has 0 spiro atoms. The molecule has 2 aromatic rings. The van der Waals surface area contributed by atoms with E-state index >= 15 is 0 Å². The lowest BCUT2D eigenvalue weighted by Gasteiger charge is -2.20. The van der Waals surface area contributed by atoms with E-state index in [1.54, 1.807) is 0 Å². The van der Waals surface area contributed by atoms with Gasteiger partial charge in [0.1, 0.15) is 11.5 Å². The first-order valence-corrected chi connectivity index (χ1v) is 9.12. The molecule has 0 saturated carbocycles. The van der Waals surface area contributed by atoms with Crippen molar-refractivity contribution in [3.8, 4) is 0 Å². The highest BCUT2D eigenvalue weighted by atomic mass is 79.9. The third kappa shape index (κ3) is 3.99. The summed E-state index contributed by atoms with van der Waals surface area (Å²) in [6, 6.07) is 15.9. The average Bonchev–Trinajstić information content (AvgIpc) is 2.99. The van der Waals surface area contributed by atoms with Crippen LogP contribution in [0.4, 0.5) is 5.69 Å². The van der Waals surface area contributed by atoms with Crippen LogP contribution in [-0.2, 0) is 4.79 Å². The summed E-state index contributed by atoms with van der Waals surface area (Å²) < 4.78 is 0.991. The number of rotatable bonds is 5. The Balaban J connectivity index is 1.83. The molecule has 5 heteroatoms. The molecule has 2 aromatic carbocycles. The van der Waals surface area contributed by atoms with Gasteiger partial charge in [0.15, 0.2) is 0 Å². The van der Waals surface area contributed by atoms with Crippen molar-refractivity contribution in [2.45, 2.75) is 13.8 Å². The fourth-order valence-electron chi connectivity index (χ4n) is 2.74. The van der Waals surface area contributed by atoms with E-state index in [1.807, 2.05) is 42.5 Å². The van der Waals surface area contributed by atoms with Gasteiger partial charge >= 0.3 is 0 Å². The van der Waals surface area contributed by atoms with Crippen LogP contribution in [0.3, 0.4) is 0 Å². The van der Waals surface area contributed by atoms with Gasteiger partial charge in [-0.15, -0.1) is 0 Å². The van der Waals surface area contributed by atoms with Gasteiger partial charge in [0, 0.05) is 28.8 Å². The molecular weight excluding hydrogens is 378 g/mol. The molecule has 4 nitrogen and oxygen atoms in total. The highest BCUT2D eigenvalue weighted by molar-refractivity contribution is 9.10. The molecule has 128 valence electrons. The number of nitrogens with one attached hydrogen (secondary N) is 1. The number of nitrogens with zero attached hydrogens (tertiary/aromatic N) is 2. The maximum Gasteiger partial charge on any atom is 0.275 e. The zero-order valence-corrected chi connectivity index (χ0v) is 15.9. The van der Waals surface area contributed by atoms with E-state index < -0.39 is 0 Å². The average molecular weight is 398 g/mol. The van der Waals surface area contributed by atoms with Crippen LogP contribution in [0.5, 0.6) is 0 Å². The molecule has 1 amide bonds. The monoisotopic (exact) mass is 397 g/mol. The predicted molar refractivity (Wildman–Crippen MR) is 107 cm³/mol. The topological polar surface area (TPSA) is 44.7 Å². The summed E-state index contributed by atoms with van der Waals surface area (Å²) in [4.78, 5) is 18.9. The predicted octanol–water partition coefficient (Wildman–Crippen LogP) is 4.21. The lowest BCUT2D eigenvalue weighted by atomic mass is 10.1. The third-order valence-electron chi connectivity index (χ3n) is 4.14. The quantitative estimate of drug-likeness (QED) is 0.767. The Kier molecular flexibility index (Phi) is 5.34. The van der Waals surface area contributed by atoms with Crippen molar-refractivity contribution in [2.75, 3.05) is 18.0 Å². The van der Waals surface area contributed by atoms with Crippen molar-refractivity contribution >= 4 is 39.4 Å². The zero-order valence-electron chi connectivity index (χ0n) is 14.3. The molecule has 25 heavy (non-hydrogen) atoms. The molecule has 1 heterocycles. The summed E-state index contributed by atoms with van der Waals surface area (Å²) >= 11 is 3.41. The number of anilines is 1. The fourth-order valence-corrected chi connectivity index (χ4v) is 3.01. The Morgan fingerprint density at radius 1 is 1.04 bits per heavy atom. The highest BCUT2D eigenvalue weighted by Crippen LogP contribution is 2.19. The molecule has 0 aliphatic carbocycles. The van der Waals surface area contributed by atoms with Gasteiger partial charge in [-0.3, -0.25) is 4.79 Å². The molecule has 0 unspecified atom stereocenters. The lowest BCUT2D eigenvalue weighted by Crippen LogP contribution is -2.24. The number of carbonyl (C=O) groups excluding carboxylic acids is 1. The van der Waals surface area contributed by atoms with E-state index in [1.165, 1.54) is 5.69 Å². The van der Waals surface area contributed by atoms with Gasteiger partial charge in [-0.05, 0) is 49.8 Å². The third-order valence-corrected chi connectivity index (χ3v) is 4.67. The number of benzene rings is 2. The molecule has 1 aliphatic rings. The molecule has 0 radical (unpaired) electrons. The van der Waals surface area contributed by atoms with Crippen LogP contribution < -0.4 is 10.2 Å². The summed E-state index contributed by atoms with van der Waals surface area (Å²) in [5.74, 6) is 0.411. The SMILES string of the molecule is CCN(CC)c1ccc(/C=C2\N=C(c3ccc(Br)cc3)NC2=O)cc1. The van der Waals surface area contributed by atoms with Gasteiger partial charge < -0.3 is 10.2 Å². The van der Waals surface area contributed by atoms with Gasteiger partial charge in [0.05, 0.1) is 0 Å². The molecule has 0 fully saturated rings. The first kappa shape index (κ1) is 17.4. The van der Waals surface area contributed by atoms with E-state index in [9.17, 15) is 4.79 Å². The molecule has 0 bridgehead atoms. The first-order valence-electron chi connectivity index (χ1n) is 8.33. The summed E-state index contributed by atoms with van der Waals surface area (Å²) in [5.41, 5.74) is 3.45. The van der Waals surface area contributed by atoms with E-state index in [0.717, 1.165) is 28.7 Å². The van der Waals surface area contributed by atoms with E-state index in [2.05, 4.69) is 57.1 Å². The molecule has 0 aromatic heterocycles. The van der Waals surface area contributed by atoms with E-state index in [-0.39, 0.29) is 5.91 Å². The maximum atomic E-state index is 12.2. The minimum Gasteiger partial charge on any atom is -0.372 e. The Morgan fingerprint density at radius 2 is 1.68 bits per heavy atom. The first-order chi connectivity index (χ1) is 12.1. The number of aliphatic imine (C=N–C) groups is 1. The van der Waals surface area contributed by atoms with Gasteiger partial charge in [-0.25, -0.2) is 4.99 Å². The smallest absolute Gasteiger partial charge is 0.275 e. The van der Waals surface area contributed by atoms with E-state index in [0.29, 0.717) is 11.5 Å². The van der Waals surface area contributed by atoms with Crippen LogP contribution in [0, 0.1) is 0 Å². The molecule has 0 atom stereocenters. The van der Waals surface area contributed by atoms with Gasteiger partial charge in [-0.2, -0.15) is 0 Å². The highest BCUT2D eigenvalue weighted by Gasteiger charge is 2.20. The number of carbonyl (C=O) groups is 1. The second-order valence-electron chi connectivity index (χ2n) is 5.71. The Bertz CT molecular complexity index is 819. The molecule has 1 aliphatic heterocycles. The minimum absolute atomic E-state index is 0.175. The van der Waals surface area contributed by atoms with Gasteiger partial charge in [-0.1, -0.05) is 40.2 Å².